The summed E-state index contributed by atoms with van der Waals surface area (Å²) in [4.78, 5) is 22.6. The molecule has 1 N–H and O–H groups in total. The van der Waals surface area contributed by atoms with E-state index in [4.69, 9.17) is 0 Å². The van der Waals surface area contributed by atoms with Crippen LogP contribution in [-0.2, 0) is 0 Å². The Balaban J connectivity index is 1.80. The SMILES string of the molecule is O=C(Nc1ccccc1[N+](=O)[O-])c1ccc(-n2cnnn2)cc1. The van der Waals surface area contributed by atoms with Crippen molar-refractivity contribution in [3.63, 3.8) is 0 Å². The predicted octanol–water partition coefficient (Wildman–Crippen LogP) is 1.82. The van der Waals surface area contributed by atoms with Gasteiger partial charge in [-0.05, 0) is 40.8 Å². The number of hydrogen-bond acceptors (Lipinski definition) is 6. The fourth-order valence-electron chi connectivity index (χ4n) is 1.98. The van der Waals surface area contributed by atoms with E-state index in [1.54, 1.807) is 30.3 Å². The lowest BCUT2D eigenvalue weighted by Gasteiger charge is -2.06. The minimum absolute atomic E-state index is 0.145. The number of nitro benzene ring substituents is 1. The summed E-state index contributed by atoms with van der Waals surface area (Å²) < 4.78 is 1.45. The zero-order valence-corrected chi connectivity index (χ0v) is 11.7. The number of nitro groups is 1. The molecule has 1 aromatic heterocycles. The third kappa shape index (κ3) is 3.02. The molecule has 114 valence electrons. The number of amides is 1. The smallest absolute Gasteiger partial charge is 0.292 e. The van der Waals surface area contributed by atoms with Crippen molar-refractivity contribution >= 4 is 17.3 Å². The summed E-state index contributed by atoms with van der Waals surface area (Å²) in [7, 11) is 0. The van der Waals surface area contributed by atoms with Gasteiger partial charge in [0.1, 0.15) is 12.0 Å². The van der Waals surface area contributed by atoms with Crippen molar-refractivity contribution in [3.8, 4) is 5.69 Å². The zero-order valence-electron chi connectivity index (χ0n) is 11.7. The molecular weight excluding hydrogens is 300 g/mol. The lowest BCUT2D eigenvalue weighted by molar-refractivity contribution is -0.383. The van der Waals surface area contributed by atoms with E-state index in [2.05, 4.69) is 20.8 Å². The molecule has 0 saturated carbocycles. The molecule has 0 radical (unpaired) electrons. The number of tetrazole rings is 1. The maximum absolute atomic E-state index is 12.2. The molecule has 1 amide bonds. The second kappa shape index (κ2) is 6.02. The quantitative estimate of drug-likeness (QED) is 0.580. The van der Waals surface area contributed by atoms with Gasteiger partial charge in [-0.2, -0.15) is 0 Å². The van der Waals surface area contributed by atoms with Crippen molar-refractivity contribution in [1.82, 2.24) is 20.2 Å². The lowest BCUT2D eigenvalue weighted by Crippen LogP contribution is -2.13. The highest BCUT2D eigenvalue weighted by Crippen LogP contribution is 2.23. The van der Waals surface area contributed by atoms with Crippen LogP contribution in [0.1, 0.15) is 10.4 Å². The molecule has 0 saturated heterocycles. The van der Waals surface area contributed by atoms with E-state index < -0.39 is 10.8 Å². The number of para-hydroxylation sites is 2. The van der Waals surface area contributed by atoms with Crippen molar-refractivity contribution in [3.05, 3.63) is 70.5 Å². The summed E-state index contributed by atoms with van der Waals surface area (Å²) in [5.41, 5.74) is 1.04. The molecule has 0 aliphatic carbocycles. The van der Waals surface area contributed by atoms with Gasteiger partial charge in [0.05, 0.1) is 10.6 Å². The van der Waals surface area contributed by atoms with Gasteiger partial charge in [0.25, 0.3) is 11.6 Å². The van der Waals surface area contributed by atoms with E-state index >= 15 is 0 Å². The molecule has 0 bridgehead atoms. The second-order valence-corrected chi connectivity index (χ2v) is 4.53. The van der Waals surface area contributed by atoms with Crippen molar-refractivity contribution in [1.29, 1.82) is 0 Å². The minimum atomic E-state index is -0.545. The molecule has 3 rings (SSSR count). The van der Waals surface area contributed by atoms with Crippen LogP contribution in [-0.4, -0.2) is 31.0 Å². The van der Waals surface area contributed by atoms with E-state index in [9.17, 15) is 14.9 Å². The van der Waals surface area contributed by atoms with Crippen molar-refractivity contribution in [2.75, 3.05) is 5.32 Å². The highest BCUT2D eigenvalue weighted by Gasteiger charge is 2.15. The normalized spacial score (nSPS) is 10.3. The van der Waals surface area contributed by atoms with Gasteiger partial charge in [0.2, 0.25) is 0 Å². The summed E-state index contributed by atoms with van der Waals surface area (Å²) in [6.07, 6.45) is 1.43. The number of rotatable bonds is 4. The molecule has 0 spiro atoms. The highest BCUT2D eigenvalue weighted by molar-refractivity contribution is 6.05. The van der Waals surface area contributed by atoms with E-state index in [0.29, 0.717) is 11.3 Å². The van der Waals surface area contributed by atoms with Crippen molar-refractivity contribution in [2.24, 2.45) is 0 Å². The number of nitrogens with one attached hydrogen (secondary N) is 1. The number of anilines is 1. The van der Waals surface area contributed by atoms with Crippen LogP contribution in [0.2, 0.25) is 0 Å². The van der Waals surface area contributed by atoms with Crippen LogP contribution < -0.4 is 5.32 Å². The van der Waals surface area contributed by atoms with E-state index in [1.807, 2.05) is 0 Å². The molecule has 0 aliphatic heterocycles. The number of hydrogen-bond donors (Lipinski definition) is 1. The van der Waals surface area contributed by atoms with Crippen LogP contribution in [0.15, 0.2) is 54.9 Å². The number of benzene rings is 2. The van der Waals surface area contributed by atoms with E-state index in [0.717, 1.165) is 0 Å². The third-order valence-electron chi connectivity index (χ3n) is 3.09. The number of nitrogens with zero attached hydrogens (tertiary/aromatic N) is 5. The van der Waals surface area contributed by atoms with Gasteiger partial charge in [-0.1, -0.05) is 12.1 Å². The Morgan fingerprint density at radius 3 is 2.52 bits per heavy atom. The first kappa shape index (κ1) is 14.3. The Hall–Kier alpha value is -3.62. The fraction of sp³-hybridized carbons (Fsp3) is 0. The average Bonchev–Trinajstić information content (AvgIpc) is 3.10. The van der Waals surface area contributed by atoms with E-state index in [-0.39, 0.29) is 11.4 Å². The van der Waals surface area contributed by atoms with Gasteiger partial charge in [-0.3, -0.25) is 14.9 Å². The molecule has 0 unspecified atom stereocenters. The summed E-state index contributed by atoms with van der Waals surface area (Å²) >= 11 is 0. The van der Waals surface area contributed by atoms with Crippen LogP contribution in [0.25, 0.3) is 5.69 Å². The molecular formula is C14H10N6O3. The van der Waals surface area contributed by atoms with Gasteiger partial charge in [0.15, 0.2) is 0 Å². The second-order valence-electron chi connectivity index (χ2n) is 4.53. The topological polar surface area (TPSA) is 116 Å². The number of carbonyl (C=O) groups is 1. The van der Waals surface area contributed by atoms with Crippen LogP contribution >= 0.6 is 0 Å². The van der Waals surface area contributed by atoms with Crippen LogP contribution in [0.3, 0.4) is 0 Å². The zero-order chi connectivity index (χ0) is 16.2. The summed E-state index contributed by atoms with van der Waals surface area (Å²) in [5, 5.41) is 24.3. The first-order valence-electron chi connectivity index (χ1n) is 6.53. The summed E-state index contributed by atoms with van der Waals surface area (Å²) in [5.74, 6) is -0.442. The van der Waals surface area contributed by atoms with Gasteiger partial charge in [-0.15, -0.1) is 5.10 Å². The minimum Gasteiger partial charge on any atom is -0.316 e. The maximum atomic E-state index is 12.2. The monoisotopic (exact) mass is 310 g/mol. The fourth-order valence-corrected chi connectivity index (χ4v) is 1.98. The molecule has 3 aromatic rings. The van der Waals surface area contributed by atoms with E-state index in [1.165, 1.54) is 29.2 Å². The predicted molar refractivity (Wildman–Crippen MR) is 80.2 cm³/mol. The lowest BCUT2D eigenvalue weighted by atomic mass is 10.2. The van der Waals surface area contributed by atoms with Gasteiger partial charge in [-0.25, -0.2) is 4.68 Å². The third-order valence-corrected chi connectivity index (χ3v) is 3.09. The van der Waals surface area contributed by atoms with Crippen molar-refractivity contribution < 1.29 is 9.72 Å². The molecule has 1 heterocycles. The number of carbonyl (C=O) groups excluding carboxylic acids is 1. The first-order chi connectivity index (χ1) is 11.1. The summed E-state index contributed by atoms with van der Waals surface area (Å²) in [6.45, 7) is 0. The highest BCUT2D eigenvalue weighted by atomic mass is 16.6. The van der Waals surface area contributed by atoms with Gasteiger partial charge in [0, 0.05) is 11.6 Å². The average molecular weight is 310 g/mol. The Morgan fingerprint density at radius 1 is 1.13 bits per heavy atom. The number of aromatic nitrogens is 4. The largest absolute Gasteiger partial charge is 0.316 e. The molecule has 0 atom stereocenters. The van der Waals surface area contributed by atoms with Crippen LogP contribution in [0.5, 0.6) is 0 Å². The Kier molecular flexibility index (Phi) is 3.75. The van der Waals surface area contributed by atoms with Gasteiger partial charge < -0.3 is 5.32 Å². The van der Waals surface area contributed by atoms with Crippen LogP contribution in [0, 0.1) is 10.1 Å². The Labute approximate surface area is 129 Å². The first-order valence-corrected chi connectivity index (χ1v) is 6.53. The standard InChI is InChI=1S/C14H10N6O3/c21-14(16-12-3-1-2-4-13(12)20(22)23)10-5-7-11(8-6-10)19-9-15-17-18-19/h1-9H,(H,16,21). The molecule has 0 fully saturated rings. The van der Waals surface area contributed by atoms with Crippen LogP contribution in [0.4, 0.5) is 11.4 Å². The summed E-state index contributed by atoms with van der Waals surface area (Å²) in [6, 6.07) is 12.5. The molecule has 0 aliphatic rings. The van der Waals surface area contributed by atoms with Crippen molar-refractivity contribution in [2.45, 2.75) is 0 Å². The molecule has 2 aromatic carbocycles. The molecule has 9 heteroatoms. The molecule has 9 nitrogen and oxygen atoms in total. The Bertz CT molecular complexity index is 845. The molecule has 23 heavy (non-hydrogen) atoms. The Morgan fingerprint density at radius 2 is 1.87 bits per heavy atom. The van der Waals surface area contributed by atoms with Gasteiger partial charge >= 0.3 is 0 Å². The maximum Gasteiger partial charge on any atom is 0.292 e.